The average Bonchev–Trinajstić information content (AvgIpc) is 4.45. The fourth-order valence-electron chi connectivity index (χ4n) is 13.0. The van der Waals surface area contributed by atoms with Crippen LogP contribution in [0, 0.1) is 0 Å². The third-order valence-corrected chi connectivity index (χ3v) is 17.0. The molecular weight excluding hydrogens is 1000 g/mol. The van der Waals surface area contributed by atoms with Gasteiger partial charge in [0.1, 0.15) is 22.3 Å². The molecule has 6 nitrogen and oxygen atoms in total. The largest absolute Gasteiger partial charge is 0.456 e. The molecule has 0 bridgehead atoms. The summed E-state index contributed by atoms with van der Waals surface area (Å²) < 4.78 is 18.5. The van der Waals surface area contributed by atoms with Gasteiger partial charge in [0.25, 0.3) is 0 Å². The predicted molar refractivity (Wildman–Crippen MR) is 345 cm³/mol. The molecule has 0 saturated carbocycles. The van der Waals surface area contributed by atoms with Gasteiger partial charge in [-0.25, -0.2) is 0 Å². The van der Waals surface area contributed by atoms with Crippen LogP contribution in [-0.4, -0.2) is 9.13 Å². The van der Waals surface area contributed by atoms with E-state index < -0.39 is 0 Å². The van der Waals surface area contributed by atoms with Crippen LogP contribution in [0.2, 0.25) is 0 Å². The first-order valence-corrected chi connectivity index (χ1v) is 28.5. The normalized spacial score (nSPS) is 12.1. The van der Waals surface area contributed by atoms with Crippen molar-refractivity contribution in [2.75, 3.05) is 9.80 Å². The summed E-state index contributed by atoms with van der Waals surface area (Å²) in [5, 5.41) is 11.2. The minimum absolute atomic E-state index is 0.413. The lowest BCUT2D eigenvalue weighted by Gasteiger charge is -2.26. The SMILES string of the molecule is CC(C)c1cccc(-n2c3ccccc3c3c(N(c4ccccc4)c4ccc5oc6cc7cc8c(cc7cc6c5c4)oc4ccc(N(c5ccccc5)c5cccc6c5c5ccccc5n6-c5cccc(C(C)C)c5)cc48)cccc32)c1. The van der Waals surface area contributed by atoms with Gasteiger partial charge in [-0.1, -0.05) is 137 Å². The Bertz CT molecular complexity index is 4870. The van der Waals surface area contributed by atoms with Gasteiger partial charge in [-0.2, -0.15) is 0 Å². The first kappa shape index (κ1) is 47.7. The number of hydrogen-bond donors (Lipinski definition) is 0. The molecule has 0 aliphatic carbocycles. The smallest absolute Gasteiger partial charge is 0.136 e. The first-order valence-electron chi connectivity index (χ1n) is 28.5. The van der Waals surface area contributed by atoms with Crippen LogP contribution in [-0.2, 0) is 0 Å². The molecule has 0 atom stereocenters. The molecule has 4 aromatic heterocycles. The molecule has 392 valence electrons. The molecule has 0 N–H and O–H groups in total. The van der Waals surface area contributed by atoms with E-state index in [0.29, 0.717) is 11.8 Å². The molecule has 16 rings (SSSR count). The summed E-state index contributed by atoms with van der Waals surface area (Å²) in [6.07, 6.45) is 0. The lowest BCUT2D eigenvalue weighted by atomic mass is 10.0. The minimum Gasteiger partial charge on any atom is -0.456 e. The van der Waals surface area contributed by atoms with Crippen molar-refractivity contribution in [2.24, 2.45) is 0 Å². The van der Waals surface area contributed by atoms with Gasteiger partial charge in [-0.05, 0) is 179 Å². The van der Waals surface area contributed by atoms with E-state index in [-0.39, 0.29) is 0 Å². The van der Waals surface area contributed by atoms with Crippen molar-refractivity contribution in [1.29, 1.82) is 0 Å². The number of aromatic nitrogens is 2. The van der Waals surface area contributed by atoms with Crippen LogP contribution in [0.4, 0.5) is 34.1 Å². The molecule has 0 unspecified atom stereocenters. The molecule has 0 spiro atoms. The number of anilines is 6. The van der Waals surface area contributed by atoms with Crippen LogP contribution < -0.4 is 9.80 Å². The maximum Gasteiger partial charge on any atom is 0.136 e. The molecule has 4 heterocycles. The number of hydrogen-bond acceptors (Lipinski definition) is 4. The van der Waals surface area contributed by atoms with Crippen molar-refractivity contribution in [3.05, 3.63) is 266 Å². The maximum atomic E-state index is 6.80. The molecule has 16 aromatic rings. The molecule has 0 fully saturated rings. The van der Waals surface area contributed by atoms with Gasteiger partial charge in [0.15, 0.2) is 0 Å². The second-order valence-corrected chi connectivity index (χ2v) is 22.5. The maximum absolute atomic E-state index is 6.80. The highest BCUT2D eigenvalue weighted by atomic mass is 16.3. The number of fused-ring (bicyclic) bond motifs is 13. The van der Waals surface area contributed by atoms with Crippen molar-refractivity contribution in [1.82, 2.24) is 9.13 Å². The minimum atomic E-state index is 0.413. The number of nitrogens with zero attached hydrogens (tertiary/aromatic N) is 4. The quantitative estimate of drug-likeness (QED) is 0.137. The molecule has 6 heteroatoms. The van der Waals surface area contributed by atoms with Crippen molar-refractivity contribution < 1.29 is 8.83 Å². The fourth-order valence-corrected chi connectivity index (χ4v) is 13.0. The molecule has 0 radical (unpaired) electrons. The summed E-state index contributed by atoms with van der Waals surface area (Å²) in [5.41, 5.74) is 19.4. The van der Waals surface area contributed by atoms with Gasteiger partial charge in [-0.15, -0.1) is 0 Å². The van der Waals surface area contributed by atoms with Crippen molar-refractivity contribution in [2.45, 2.75) is 39.5 Å². The van der Waals surface area contributed by atoms with E-state index in [0.717, 1.165) is 111 Å². The Morgan fingerprint density at radius 3 is 1.12 bits per heavy atom. The van der Waals surface area contributed by atoms with Crippen LogP contribution in [0.1, 0.15) is 50.7 Å². The van der Waals surface area contributed by atoms with Crippen LogP contribution in [0.5, 0.6) is 0 Å². The van der Waals surface area contributed by atoms with E-state index in [2.05, 4.69) is 301 Å². The van der Waals surface area contributed by atoms with E-state index in [4.69, 9.17) is 8.83 Å². The highest BCUT2D eigenvalue weighted by molar-refractivity contribution is 6.20. The summed E-state index contributed by atoms with van der Waals surface area (Å²) in [4.78, 5) is 4.80. The zero-order chi connectivity index (χ0) is 54.7. The number of para-hydroxylation sites is 4. The Hall–Kier alpha value is -10.3. The van der Waals surface area contributed by atoms with Crippen molar-refractivity contribution in [3.8, 4) is 11.4 Å². The number of rotatable bonds is 10. The molecule has 0 saturated heterocycles. The Kier molecular flexibility index (Phi) is 10.8. The molecule has 82 heavy (non-hydrogen) atoms. The Labute approximate surface area is 474 Å². The van der Waals surface area contributed by atoms with Gasteiger partial charge in [-0.3, -0.25) is 0 Å². The van der Waals surface area contributed by atoms with Crippen molar-refractivity contribution in [3.63, 3.8) is 0 Å². The van der Waals surface area contributed by atoms with Crippen LogP contribution in [0.25, 0.3) is 110 Å². The molecular formula is C76H56N4O2. The third-order valence-electron chi connectivity index (χ3n) is 17.0. The van der Waals surface area contributed by atoms with Crippen LogP contribution in [0.3, 0.4) is 0 Å². The zero-order valence-electron chi connectivity index (χ0n) is 46.0. The second kappa shape index (κ2) is 18.7. The fraction of sp³-hybridized carbons (Fsp3) is 0.0789. The summed E-state index contributed by atoms with van der Waals surface area (Å²) in [6.45, 7) is 9.03. The topological polar surface area (TPSA) is 42.6 Å². The van der Waals surface area contributed by atoms with E-state index in [1.165, 1.54) is 43.7 Å². The van der Waals surface area contributed by atoms with Crippen molar-refractivity contribution >= 4 is 132 Å². The zero-order valence-corrected chi connectivity index (χ0v) is 46.0. The first-order chi connectivity index (χ1) is 40.3. The van der Waals surface area contributed by atoms with Crippen LogP contribution >= 0.6 is 0 Å². The van der Waals surface area contributed by atoms with E-state index in [1.807, 2.05) is 0 Å². The lowest BCUT2D eigenvalue weighted by Crippen LogP contribution is -2.10. The van der Waals surface area contributed by atoms with E-state index in [9.17, 15) is 0 Å². The second-order valence-electron chi connectivity index (χ2n) is 22.5. The standard InChI is InChI=1S/C76H56N4O2/c1-47(2)49-19-15-25-55(39-49)79-65-29-13-11-27-59(65)75-67(31-17-33-69(75)79)77(53-21-7-5-8-22-53)57-35-37-71-63(45-57)61-41-51-44-74-62(42-52(51)43-73(61)81-71)64-46-58(36-38-72(64)82-74)78(54-23-9-6-10-24-54)68-32-18-34-70-76(68)60-28-12-14-30-66(60)80(70)56-26-16-20-50(40-56)48(3)4/h5-48H,1-4H3. The highest BCUT2D eigenvalue weighted by Crippen LogP contribution is 2.48. The predicted octanol–water partition coefficient (Wildman–Crippen LogP) is 22.0. The molecule has 0 aliphatic heterocycles. The lowest BCUT2D eigenvalue weighted by molar-refractivity contribution is 0.668. The number of benzene rings is 12. The molecule has 12 aromatic carbocycles. The van der Waals surface area contributed by atoms with Gasteiger partial charge < -0.3 is 27.8 Å². The molecule has 0 amide bonds. The molecule has 0 aliphatic rings. The Balaban J connectivity index is 0.830. The van der Waals surface area contributed by atoms with Crippen LogP contribution in [0.15, 0.2) is 264 Å². The van der Waals surface area contributed by atoms with Gasteiger partial charge in [0.2, 0.25) is 0 Å². The van der Waals surface area contributed by atoms with Gasteiger partial charge >= 0.3 is 0 Å². The van der Waals surface area contributed by atoms with Gasteiger partial charge in [0.05, 0.1) is 33.4 Å². The van der Waals surface area contributed by atoms with E-state index in [1.54, 1.807) is 0 Å². The summed E-state index contributed by atoms with van der Waals surface area (Å²) in [7, 11) is 0. The summed E-state index contributed by atoms with van der Waals surface area (Å²) in [5.74, 6) is 0.825. The summed E-state index contributed by atoms with van der Waals surface area (Å²) >= 11 is 0. The van der Waals surface area contributed by atoms with E-state index >= 15 is 0 Å². The third kappa shape index (κ3) is 7.48. The average molecular weight is 1060 g/mol. The Morgan fingerprint density at radius 2 is 0.683 bits per heavy atom. The summed E-state index contributed by atoms with van der Waals surface area (Å²) in [6, 6.07) is 92.7. The monoisotopic (exact) mass is 1060 g/mol. The highest BCUT2D eigenvalue weighted by Gasteiger charge is 2.25. The Morgan fingerprint density at radius 1 is 0.293 bits per heavy atom. The van der Waals surface area contributed by atoms with Gasteiger partial charge in [0, 0.05) is 77.2 Å². The number of furan rings is 2.